The Morgan fingerprint density at radius 3 is 2.75 bits per heavy atom. The minimum absolute atomic E-state index is 0.291. The standard InChI is InChI=1S/C16H13Br2NS/c1-10-6-11(8-12(17)7-10)13(18)9-16-19-14-4-2-3-5-15(14)20-16/h2-8,13H,9H2,1H3. The van der Waals surface area contributed by atoms with Crippen molar-refractivity contribution in [1.82, 2.24) is 4.98 Å². The van der Waals surface area contributed by atoms with E-state index in [0.29, 0.717) is 4.83 Å². The van der Waals surface area contributed by atoms with Gasteiger partial charge in [-0.3, -0.25) is 0 Å². The van der Waals surface area contributed by atoms with Gasteiger partial charge in [-0.25, -0.2) is 4.98 Å². The number of hydrogen-bond donors (Lipinski definition) is 0. The third kappa shape index (κ3) is 3.13. The summed E-state index contributed by atoms with van der Waals surface area (Å²) in [7, 11) is 0. The average molecular weight is 411 g/mol. The Morgan fingerprint density at radius 1 is 1.20 bits per heavy atom. The molecule has 0 N–H and O–H groups in total. The summed E-state index contributed by atoms with van der Waals surface area (Å²) in [5, 5.41) is 1.17. The van der Waals surface area contributed by atoms with E-state index in [2.05, 4.69) is 75.2 Å². The molecule has 0 amide bonds. The van der Waals surface area contributed by atoms with Gasteiger partial charge in [0, 0.05) is 15.7 Å². The smallest absolute Gasteiger partial charge is 0.0953 e. The molecular formula is C16H13Br2NS. The minimum atomic E-state index is 0.291. The first-order chi connectivity index (χ1) is 9.61. The molecule has 0 saturated heterocycles. The van der Waals surface area contributed by atoms with E-state index in [0.717, 1.165) is 16.4 Å². The summed E-state index contributed by atoms with van der Waals surface area (Å²) in [5.41, 5.74) is 3.65. The van der Waals surface area contributed by atoms with Gasteiger partial charge in [0.05, 0.1) is 15.2 Å². The fraction of sp³-hybridized carbons (Fsp3) is 0.188. The van der Waals surface area contributed by atoms with Gasteiger partial charge >= 0.3 is 0 Å². The molecule has 4 heteroatoms. The molecule has 0 spiro atoms. The quantitative estimate of drug-likeness (QED) is 0.479. The van der Waals surface area contributed by atoms with Crippen molar-refractivity contribution in [2.24, 2.45) is 0 Å². The van der Waals surface area contributed by atoms with E-state index < -0.39 is 0 Å². The number of para-hydroxylation sites is 1. The van der Waals surface area contributed by atoms with Gasteiger partial charge in [0.1, 0.15) is 0 Å². The maximum atomic E-state index is 4.70. The van der Waals surface area contributed by atoms with Crippen molar-refractivity contribution < 1.29 is 0 Å². The predicted octanol–water partition coefficient (Wildman–Crippen LogP) is 6.05. The maximum absolute atomic E-state index is 4.70. The van der Waals surface area contributed by atoms with Gasteiger partial charge in [-0.2, -0.15) is 0 Å². The molecule has 0 fully saturated rings. The topological polar surface area (TPSA) is 12.9 Å². The molecule has 1 atom stereocenters. The average Bonchev–Trinajstić information content (AvgIpc) is 2.79. The Morgan fingerprint density at radius 2 is 2.00 bits per heavy atom. The van der Waals surface area contributed by atoms with Crippen LogP contribution in [-0.2, 0) is 6.42 Å². The largest absolute Gasteiger partial charge is 0.241 e. The Kier molecular flexibility index (Phi) is 4.24. The SMILES string of the molecule is Cc1cc(Br)cc(C(Br)Cc2nc3ccccc3s2)c1. The summed E-state index contributed by atoms with van der Waals surface area (Å²) in [6.45, 7) is 2.12. The molecule has 1 heterocycles. The van der Waals surface area contributed by atoms with Crippen LogP contribution in [0.1, 0.15) is 21.0 Å². The third-order valence-electron chi connectivity index (χ3n) is 3.12. The zero-order valence-corrected chi connectivity index (χ0v) is 14.9. The molecule has 3 rings (SSSR count). The van der Waals surface area contributed by atoms with Crippen LogP contribution < -0.4 is 0 Å². The van der Waals surface area contributed by atoms with Crippen LogP contribution in [0, 0.1) is 6.92 Å². The van der Waals surface area contributed by atoms with Gasteiger partial charge in [0.15, 0.2) is 0 Å². The molecule has 0 aliphatic carbocycles. The predicted molar refractivity (Wildman–Crippen MR) is 93.9 cm³/mol. The van der Waals surface area contributed by atoms with E-state index in [1.165, 1.54) is 20.8 Å². The van der Waals surface area contributed by atoms with Crippen molar-refractivity contribution in [3.63, 3.8) is 0 Å². The van der Waals surface area contributed by atoms with Crippen LogP contribution >= 0.6 is 43.2 Å². The molecule has 20 heavy (non-hydrogen) atoms. The van der Waals surface area contributed by atoms with Gasteiger partial charge in [0.25, 0.3) is 0 Å². The monoisotopic (exact) mass is 409 g/mol. The van der Waals surface area contributed by atoms with Crippen molar-refractivity contribution in [3.05, 3.63) is 63.1 Å². The van der Waals surface area contributed by atoms with Crippen LogP contribution in [0.25, 0.3) is 10.2 Å². The van der Waals surface area contributed by atoms with E-state index in [4.69, 9.17) is 4.98 Å². The van der Waals surface area contributed by atoms with Crippen molar-refractivity contribution in [3.8, 4) is 0 Å². The molecule has 102 valence electrons. The lowest BCUT2D eigenvalue weighted by Crippen LogP contribution is -1.95. The van der Waals surface area contributed by atoms with E-state index in [1.807, 2.05) is 6.07 Å². The normalized spacial score (nSPS) is 12.8. The molecule has 0 aliphatic rings. The summed E-state index contributed by atoms with van der Waals surface area (Å²) in [6, 6.07) is 14.8. The molecule has 1 aromatic heterocycles. The van der Waals surface area contributed by atoms with Crippen LogP contribution in [0.5, 0.6) is 0 Å². The Balaban J connectivity index is 1.86. The van der Waals surface area contributed by atoms with Gasteiger partial charge in [-0.05, 0) is 42.3 Å². The second-order valence-corrected chi connectivity index (χ2v) is 7.95. The second kappa shape index (κ2) is 5.96. The second-order valence-electron chi connectivity index (χ2n) is 4.81. The highest BCUT2D eigenvalue weighted by Gasteiger charge is 2.13. The van der Waals surface area contributed by atoms with Crippen molar-refractivity contribution >= 4 is 53.4 Å². The molecule has 2 aromatic carbocycles. The van der Waals surface area contributed by atoms with Crippen LogP contribution in [0.2, 0.25) is 0 Å². The number of fused-ring (bicyclic) bond motifs is 1. The lowest BCUT2D eigenvalue weighted by molar-refractivity contribution is 0.935. The fourth-order valence-corrected chi connectivity index (χ4v) is 4.65. The van der Waals surface area contributed by atoms with E-state index in [9.17, 15) is 0 Å². The number of benzene rings is 2. The van der Waals surface area contributed by atoms with Crippen LogP contribution in [-0.4, -0.2) is 4.98 Å². The summed E-state index contributed by atoms with van der Waals surface area (Å²) in [6.07, 6.45) is 0.912. The highest BCUT2D eigenvalue weighted by Crippen LogP contribution is 2.32. The van der Waals surface area contributed by atoms with Crippen molar-refractivity contribution in [2.75, 3.05) is 0 Å². The van der Waals surface area contributed by atoms with Gasteiger partial charge in [-0.15, -0.1) is 11.3 Å². The lowest BCUT2D eigenvalue weighted by atomic mass is 10.1. The fourth-order valence-electron chi connectivity index (χ4n) is 2.22. The first-order valence-corrected chi connectivity index (χ1v) is 8.90. The number of halogens is 2. The summed E-state index contributed by atoms with van der Waals surface area (Å²) in [5.74, 6) is 0. The highest BCUT2D eigenvalue weighted by molar-refractivity contribution is 9.10. The minimum Gasteiger partial charge on any atom is -0.241 e. The van der Waals surface area contributed by atoms with Crippen molar-refractivity contribution in [1.29, 1.82) is 0 Å². The van der Waals surface area contributed by atoms with Gasteiger partial charge in [-0.1, -0.05) is 50.1 Å². The van der Waals surface area contributed by atoms with E-state index in [1.54, 1.807) is 11.3 Å². The molecule has 0 aliphatic heterocycles. The lowest BCUT2D eigenvalue weighted by Gasteiger charge is -2.10. The number of alkyl halides is 1. The first kappa shape index (κ1) is 14.2. The zero-order chi connectivity index (χ0) is 14.1. The van der Waals surface area contributed by atoms with Crippen LogP contribution in [0.15, 0.2) is 46.9 Å². The Labute approximate surface area is 139 Å². The summed E-state index contributed by atoms with van der Waals surface area (Å²) < 4.78 is 2.38. The van der Waals surface area contributed by atoms with Crippen LogP contribution in [0.4, 0.5) is 0 Å². The molecule has 1 nitrogen and oxygen atoms in total. The Hall–Kier alpha value is -0.710. The third-order valence-corrected chi connectivity index (χ3v) is 5.49. The molecule has 1 unspecified atom stereocenters. The number of hydrogen-bond acceptors (Lipinski definition) is 2. The number of rotatable bonds is 3. The maximum Gasteiger partial charge on any atom is 0.0953 e. The van der Waals surface area contributed by atoms with Crippen molar-refractivity contribution in [2.45, 2.75) is 18.2 Å². The first-order valence-electron chi connectivity index (χ1n) is 6.37. The summed E-state index contributed by atoms with van der Waals surface area (Å²) in [4.78, 5) is 4.99. The van der Waals surface area contributed by atoms with E-state index in [-0.39, 0.29) is 0 Å². The molecule has 0 saturated carbocycles. The zero-order valence-electron chi connectivity index (χ0n) is 10.9. The molecule has 3 aromatic rings. The number of aromatic nitrogens is 1. The number of aryl methyl sites for hydroxylation is 1. The molecule has 0 radical (unpaired) electrons. The Bertz CT molecular complexity index is 698. The molecule has 0 bridgehead atoms. The van der Waals surface area contributed by atoms with Gasteiger partial charge in [0.2, 0.25) is 0 Å². The molecular weight excluding hydrogens is 398 g/mol. The van der Waals surface area contributed by atoms with Crippen LogP contribution in [0.3, 0.4) is 0 Å². The number of thiazole rings is 1. The van der Waals surface area contributed by atoms with E-state index >= 15 is 0 Å². The summed E-state index contributed by atoms with van der Waals surface area (Å²) >= 11 is 9.13. The number of nitrogens with zero attached hydrogens (tertiary/aromatic N) is 1. The highest BCUT2D eigenvalue weighted by atomic mass is 79.9. The van der Waals surface area contributed by atoms with Gasteiger partial charge < -0.3 is 0 Å².